The van der Waals surface area contributed by atoms with Gasteiger partial charge >= 0.3 is 12.1 Å². The zero-order valence-corrected chi connectivity index (χ0v) is 16.3. The maximum Gasteiger partial charge on any atom is 0.417 e. The largest absolute Gasteiger partial charge is 0.423 e. The predicted molar refractivity (Wildman–Crippen MR) is 105 cm³/mol. The van der Waals surface area contributed by atoms with Crippen molar-refractivity contribution in [2.75, 3.05) is 0 Å². The van der Waals surface area contributed by atoms with Gasteiger partial charge in [0.2, 0.25) is 10.2 Å². The Balaban J connectivity index is 2.22. The van der Waals surface area contributed by atoms with E-state index in [9.17, 15) is 27.6 Å². The van der Waals surface area contributed by atoms with Crippen molar-refractivity contribution in [3.05, 3.63) is 78.9 Å². The highest BCUT2D eigenvalue weighted by atomic mass is 32.2. The molecule has 0 atom stereocenters. The number of carbonyl (C=O) groups is 3. The van der Waals surface area contributed by atoms with Crippen LogP contribution in [0.5, 0.6) is 5.75 Å². The molecule has 0 aliphatic rings. The van der Waals surface area contributed by atoms with Gasteiger partial charge < -0.3 is 4.74 Å². The molecule has 0 amide bonds. The fourth-order valence-corrected chi connectivity index (χ4v) is 3.33. The lowest BCUT2D eigenvalue weighted by molar-refractivity contribution is -0.139. The van der Waals surface area contributed by atoms with E-state index in [4.69, 9.17) is 4.74 Å². The Morgan fingerprint density at radius 2 is 1.48 bits per heavy atom. The quantitative estimate of drug-likeness (QED) is 0.256. The number of hydrogen-bond acceptors (Lipinski definition) is 6. The summed E-state index contributed by atoms with van der Waals surface area (Å²) in [5.74, 6) is -0.899. The van der Waals surface area contributed by atoms with Crippen LogP contribution in [-0.4, -0.2) is 16.2 Å². The van der Waals surface area contributed by atoms with Crippen molar-refractivity contribution in [3.8, 4) is 5.75 Å². The fourth-order valence-electron chi connectivity index (χ4n) is 2.02. The summed E-state index contributed by atoms with van der Waals surface area (Å²) in [4.78, 5) is 35.2. The summed E-state index contributed by atoms with van der Waals surface area (Å²) >= 11 is 1.28. The Hall–Kier alpha value is -2.78. The number of halogens is 3. The van der Waals surface area contributed by atoms with Crippen molar-refractivity contribution in [2.24, 2.45) is 0 Å². The molecule has 0 aliphatic heterocycles. The van der Waals surface area contributed by atoms with Gasteiger partial charge in [-0.15, -0.1) is 0 Å². The Morgan fingerprint density at radius 3 is 2.03 bits per heavy atom. The van der Waals surface area contributed by atoms with Crippen LogP contribution in [0.4, 0.5) is 13.2 Å². The molecule has 2 rings (SSSR count). The number of carbonyl (C=O) groups excluding carboxylic acids is 3. The zero-order valence-electron chi connectivity index (χ0n) is 14.7. The highest BCUT2D eigenvalue weighted by molar-refractivity contribution is 8.14. The third-order valence-corrected chi connectivity index (χ3v) is 5.14. The van der Waals surface area contributed by atoms with Crippen LogP contribution in [0, 0.1) is 0 Å². The molecule has 0 saturated heterocycles. The topological polar surface area (TPSA) is 60.4 Å². The van der Waals surface area contributed by atoms with E-state index in [1.165, 1.54) is 24.3 Å². The normalized spacial score (nSPS) is 10.9. The molecule has 0 fully saturated rings. The average molecular weight is 438 g/mol. The number of rotatable bonds is 6. The molecule has 0 spiro atoms. The van der Waals surface area contributed by atoms with Crippen LogP contribution in [0.2, 0.25) is 0 Å². The van der Waals surface area contributed by atoms with Gasteiger partial charge in [-0.1, -0.05) is 13.2 Å². The summed E-state index contributed by atoms with van der Waals surface area (Å²) in [7, 11) is 0. The molecule has 4 nitrogen and oxygen atoms in total. The molecule has 0 aliphatic carbocycles. The highest BCUT2D eigenvalue weighted by Crippen LogP contribution is 2.38. The van der Waals surface area contributed by atoms with Crippen LogP contribution in [-0.2, 0) is 15.8 Å². The molecule has 0 saturated carbocycles. The third kappa shape index (κ3) is 6.37. The molecule has 9 heteroatoms. The molecule has 29 heavy (non-hydrogen) atoms. The van der Waals surface area contributed by atoms with Gasteiger partial charge in [0.1, 0.15) is 5.75 Å². The first-order valence-electron chi connectivity index (χ1n) is 7.86. The second-order valence-corrected chi connectivity index (χ2v) is 7.44. The highest BCUT2D eigenvalue weighted by Gasteiger charge is 2.35. The maximum absolute atomic E-state index is 13.3. The van der Waals surface area contributed by atoms with E-state index in [-0.39, 0.29) is 21.3 Å². The summed E-state index contributed by atoms with van der Waals surface area (Å²) in [5.41, 5.74) is -1.45. The zero-order chi connectivity index (χ0) is 21.6. The lowest BCUT2D eigenvalue weighted by Gasteiger charge is -2.13. The Bertz CT molecular complexity index is 967. The number of benzene rings is 2. The van der Waals surface area contributed by atoms with Gasteiger partial charge in [-0.25, -0.2) is 4.79 Å². The number of esters is 1. The minimum Gasteiger partial charge on any atom is -0.423 e. The molecule has 0 unspecified atom stereocenters. The van der Waals surface area contributed by atoms with E-state index >= 15 is 0 Å². The lowest BCUT2D eigenvalue weighted by atomic mass is 10.1. The van der Waals surface area contributed by atoms with Crippen LogP contribution in [0.1, 0.15) is 15.9 Å². The van der Waals surface area contributed by atoms with Crippen molar-refractivity contribution >= 4 is 39.7 Å². The van der Waals surface area contributed by atoms with Gasteiger partial charge in [0.05, 0.1) is 11.1 Å². The second kappa shape index (κ2) is 9.62. The summed E-state index contributed by atoms with van der Waals surface area (Å²) in [6.07, 6.45) is -2.71. The summed E-state index contributed by atoms with van der Waals surface area (Å²) in [5, 5.41) is -0.916. The van der Waals surface area contributed by atoms with E-state index < -0.39 is 22.8 Å². The van der Waals surface area contributed by atoms with Crippen LogP contribution < -0.4 is 4.74 Å². The first kappa shape index (κ1) is 22.5. The molecular weight excluding hydrogens is 425 g/mol. The van der Waals surface area contributed by atoms with Crippen molar-refractivity contribution in [2.45, 2.75) is 16.0 Å². The predicted octanol–water partition coefficient (Wildman–Crippen LogP) is 5.53. The maximum atomic E-state index is 13.3. The van der Waals surface area contributed by atoms with Gasteiger partial charge in [0, 0.05) is 9.79 Å². The van der Waals surface area contributed by atoms with Gasteiger partial charge in [-0.2, -0.15) is 13.2 Å². The van der Waals surface area contributed by atoms with Gasteiger partial charge in [-0.3, -0.25) is 9.59 Å². The Morgan fingerprint density at radius 1 is 0.897 bits per heavy atom. The molecule has 150 valence electrons. The first-order chi connectivity index (χ1) is 13.6. The van der Waals surface area contributed by atoms with Gasteiger partial charge in [0.15, 0.2) is 0 Å². The van der Waals surface area contributed by atoms with Crippen molar-refractivity contribution < 1.29 is 32.3 Å². The smallest absolute Gasteiger partial charge is 0.417 e. The van der Waals surface area contributed by atoms with Crippen LogP contribution >= 0.6 is 23.5 Å². The summed E-state index contributed by atoms with van der Waals surface area (Å²) in [6, 6.07) is 8.68. The standard InChI is InChI=1S/C20H13F3O4S2/c1-3-17(24)28-14-8-6-13(7-9-14)27-19(26)12-5-10-16(29-18(25)4-2)15(11-12)20(21,22)23/h3-11H,1-2H2. The second-order valence-electron chi connectivity index (χ2n) is 5.32. The summed E-state index contributed by atoms with van der Waals surface area (Å²) < 4.78 is 45.0. The van der Waals surface area contributed by atoms with E-state index in [1.54, 1.807) is 0 Å². The third-order valence-electron chi connectivity index (χ3n) is 3.32. The molecule has 0 heterocycles. The van der Waals surface area contributed by atoms with Crippen LogP contribution in [0.25, 0.3) is 0 Å². The number of ether oxygens (including phenoxy) is 1. The summed E-state index contributed by atoms with van der Waals surface area (Å²) in [6.45, 7) is 6.57. The Kier molecular flexibility index (Phi) is 7.46. The van der Waals surface area contributed by atoms with Gasteiger partial charge in [-0.05, 0) is 78.1 Å². The molecular formula is C20H13F3O4S2. The van der Waals surface area contributed by atoms with E-state index in [0.29, 0.717) is 22.7 Å². The molecule has 0 N–H and O–H groups in total. The molecule has 0 bridgehead atoms. The van der Waals surface area contributed by atoms with Crippen molar-refractivity contribution in [3.63, 3.8) is 0 Å². The molecule has 2 aromatic carbocycles. The van der Waals surface area contributed by atoms with Crippen LogP contribution in [0.3, 0.4) is 0 Å². The SMILES string of the molecule is C=CC(=O)Sc1ccc(OC(=O)c2ccc(SC(=O)C=C)c(C(F)(F)F)c2)cc1. The number of thioether (sulfide) groups is 2. The molecule has 0 radical (unpaired) electrons. The number of alkyl halides is 3. The van der Waals surface area contributed by atoms with E-state index in [2.05, 4.69) is 13.2 Å². The minimum atomic E-state index is -4.77. The number of hydrogen-bond donors (Lipinski definition) is 0. The van der Waals surface area contributed by atoms with E-state index in [1.807, 2.05) is 0 Å². The molecule has 2 aromatic rings. The van der Waals surface area contributed by atoms with Crippen LogP contribution in [0.15, 0.2) is 77.6 Å². The van der Waals surface area contributed by atoms with E-state index in [0.717, 1.165) is 36.0 Å². The Labute approximate surface area is 172 Å². The molecule has 0 aromatic heterocycles. The lowest BCUT2D eigenvalue weighted by Crippen LogP contribution is -2.13. The monoisotopic (exact) mass is 438 g/mol. The first-order valence-corrected chi connectivity index (χ1v) is 9.49. The fraction of sp³-hybridized carbons (Fsp3) is 0.0500. The van der Waals surface area contributed by atoms with Gasteiger partial charge in [0.25, 0.3) is 0 Å². The average Bonchev–Trinajstić information content (AvgIpc) is 2.68. The van der Waals surface area contributed by atoms with Crippen molar-refractivity contribution in [1.29, 1.82) is 0 Å². The van der Waals surface area contributed by atoms with Crippen molar-refractivity contribution in [1.82, 2.24) is 0 Å². The minimum absolute atomic E-state index is 0.0965.